The third kappa shape index (κ3) is 4.25. The summed E-state index contributed by atoms with van der Waals surface area (Å²) in [6, 6.07) is 0.131. The van der Waals surface area contributed by atoms with Gasteiger partial charge in [-0.3, -0.25) is 4.79 Å². The van der Waals surface area contributed by atoms with Crippen LogP contribution in [0.5, 0.6) is 0 Å². The van der Waals surface area contributed by atoms with E-state index in [1.165, 1.54) is 0 Å². The zero-order valence-corrected chi connectivity index (χ0v) is 11.5. The Hall–Kier alpha value is -0.610. The van der Waals surface area contributed by atoms with Crippen LogP contribution >= 0.6 is 0 Å². The van der Waals surface area contributed by atoms with Crippen molar-refractivity contribution in [3.63, 3.8) is 0 Å². The molecule has 104 valence electrons. The molecule has 0 aromatic heterocycles. The van der Waals surface area contributed by atoms with E-state index in [2.05, 4.69) is 19.2 Å². The summed E-state index contributed by atoms with van der Waals surface area (Å²) in [5.74, 6) is -0.0808. The van der Waals surface area contributed by atoms with Gasteiger partial charge in [0.1, 0.15) is 6.10 Å². The molecule has 0 radical (unpaired) electrons. The fraction of sp³-hybridized carbons (Fsp3) is 0.929. The highest BCUT2D eigenvalue weighted by molar-refractivity contribution is 5.70. The van der Waals surface area contributed by atoms with E-state index >= 15 is 0 Å². The summed E-state index contributed by atoms with van der Waals surface area (Å²) >= 11 is 0. The molecule has 2 rings (SSSR count). The second-order valence-electron chi connectivity index (χ2n) is 6.28. The van der Waals surface area contributed by atoms with Crippen LogP contribution in [0.3, 0.4) is 0 Å². The van der Waals surface area contributed by atoms with Crippen molar-refractivity contribution in [1.29, 1.82) is 0 Å². The van der Waals surface area contributed by atoms with Crippen LogP contribution in [0, 0.1) is 5.41 Å². The van der Waals surface area contributed by atoms with E-state index in [1.807, 2.05) is 0 Å². The van der Waals surface area contributed by atoms with Crippen molar-refractivity contribution < 1.29 is 14.3 Å². The first-order valence-corrected chi connectivity index (χ1v) is 7.06. The maximum atomic E-state index is 11.8. The number of rotatable bonds is 3. The van der Waals surface area contributed by atoms with Crippen molar-refractivity contribution >= 4 is 5.97 Å². The lowest BCUT2D eigenvalue weighted by atomic mass is 9.76. The molecule has 1 saturated carbocycles. The van der Waals surface area contributed by atoms with Crippen LogP contribution in [0.15, 0.2) is 0 Å². The summed E-state index contributed by atoms with van der Waals surface area (Å²) in [4.78, 5) is 11.8. The molecule has 1 N–H and O–H groups in total. The van der Waals surface area contributed by atoms with E-state index in [0.29, 0.717) is 18.4 Å². The molecule has 0 spiro atoms. The summed E-state index contributed by atoms with van der Waals surface area (Å²) in [5, 5.41) is 3.27. The number of hydrogen-bond acceptors (Lipinski definition) is 4. The molecule has 1 aliphatic heterocycles. The zero-order valence-electron chi connectivity index (χ0n) is 11.5. The van der Waals surface area contributed by atoms with Gasteiger partial charge < -0.3 is 14.8 Å². The average molecular weight is 255 g/mol. The predicted octanol–water partition coefficient (Wildman–Crippen LogP) is 1.88. The number of esters is 1. The normalized spacial score (nSPS) is 28.9. The first-order chi connectivity index (χ1) is 8.55. The van der Waals surface area contributed by atoms with Gasteiger partial charge in [-0.05, 0) is 31.1 Å². The number of hydrogen-bond donors (Lipinski definition) is 1. The smallest absolute Gasteiger partial charge is 0.307 e. The lowest BCUT2D eigenvalue weighted by molar-refractivity contribution is -0.152. The summed E-state index contributed by atoms with van der Waals surface area (Å²) < 4.78 is 10.9. The van der Waals surface area contributed by atoms with Gasteiger partial charge in [0, 0.05) is 12.6 Å². The predicted molar refractivity (Wildman–Crippen MR) is 69.4 cm³/mol. The maximum Gasteiger partial charge on any atom is 0.307 e. The fourth-order valence-corrected chi connectivity index (χ4v) is 2.68. The maximum absolute atomic E-state index is 11.8. The van der Waals surface area contributed by atoms with Gasteiger partial charge in [0.15, 0.2) is 0 Å². The van der Waals surface area contributed by atoms with Gasteiger partial charge in [-0.15, -0.1) is 0 Å². The van der Waals surface area contributed by atoms with Crippen molar-refractivity contribution in [2.45, 2.75) is 58.1 Å². The van der Waals surface area contributed by atoms with E-state index in [0.717, 1.165) is 38.8 Å². The monoisotopic (exact) mass is 255 g/mol. The number of nitrogens with one attached hydrogen (secondary N) is 1. The topological polar surface area (TPSA) is 47.6 Å². The summed E-state index contributed by atoms with van der Waals surface area (Å²) in [5.41, 5.74) is 0.418. The highest BCUT2D eigenvalue weighted by atomic mass is 16.5. The van der Waals surface area contributed by atoms with Gasteiger partial charge in [0.25, 0.3) is 0 Å². The lowest BCUT2D eigenvalue weighted by Crippen LogP contribution is -2.43. The molecule has 1 unspecified atom stereocenters. The van der Waals surface area contributed by atoms with Crippen molar-refractivity contribution in [2.24, 2.45) is 5.41 Å². The Balaban J connectivity index is 1.68. The largest absolute Gasteiger partial charge is 0.462 e. The van der Waals surface area contributed by atoms with E-state index in [4.69, 9.17) is 9.47 Å². The first kappa shape index (κ1) is 13.8. The molecule has 0 amide bonds. The second-order valence-corrected chi connectivity index (χ2v) is 6.28. The third-order valence-electron chi connectivity index (χ3n) is 4.00. The fourth-order valence-electron chi connectivity index (χ4n) is 2.68. The Morgan fingerprint density at radius 3 is 2.72 bits per heavy atom. The quantitative estimate of drug-likeness (QED) is 0.782. The SMILES string of the molecule is CC1(C)CCC(OC(=O)CC2COCCN2)CC1. The molecule has 1 atom stereocenters. The molecule has 2 aliphatic rings. The molecule has 1 saturated heterocycles. The van der Waals surface area contributed by atoms with E-state index in [9.17, 15) is 4.79 Å². The number of morpholine rings is 1. The summed E-state index contributed by atoms with van der Waals surface area (Å²) in [6.07, 6.45) is 4.88. The summed E-state index contributed by atoms with van der Waals surface area (Å²) in [7, 11) is 0. The zero-order chi connectivity index (χ0) is 13.0. The van der Waals surface area contributed by atoms with Gasteiger partial charge >= 0.3 is 5.97 Å². The Morgan fingerprint density at radius 2 is 2.11 bits per heavy atom. The van der Waals surface area contributed by atoms with Gasteiger partial charge in [0.05, 0.1) is 19.6 Å². The van der Waals surface area contributed by atoms with E-state index in [-0.39, 0.29) is 18.1 Å². The summed E-state index contributed by atoms with van der Waals surface area (Å²) in [6.45, 7) is 6.76. The number of ether oxygens (including phenoxy) is 2. The molecular formula is C14H25NO3. The highest BCUT2D eigenvalue weighted by Gasteiger charge is 2.29. The molecule has 1 heterocycles. The van der Waals surface area contributed by atoms with Crippen LogP contribution in [0.4, 0.5) is 0 Å². The molecule has 0 aromatic carbocycles. The van der Waals surface area contributed by atoms with Crippen LogP contribution in [-0.4, -0.2) is 37.9 Å². The first-order valence-electron chi connectivity index (χ1n) is 7.06. The molecule has 4 nitrogen and oxygen atoms in total. The van der Waals surface area contributed by atoms with Crippen LogP contribution in [0.25, 0.3) is 0 Å². The minimum atomic E-state index is -0.0808. The lowest BCUT2D eigenvalue weighted by Gasteiger charge is -2.34. The molecule has 0 aromatic rings. The Labute approximate surface area is 109 Å². The molecule has 4 heteroatoms. The number of carbonyl (C=O) groups is 1. The Kier molecular flexibility index (Phi) is 4.62. The van der Waals surface area contributed by atoms with Crippen LogP contribution in [0.1, 0.15) is 46.0 Å². The van der Waals surface area contributed by atoms with E-state index < -0.39 is 0 Å². The second kappa shape index (κ2) is 6.02. The van der Waals surface area contributed by atoms with E-state index in [1.54, 1.807) is 0 Å². The third-order valence-corrected chi connectivity index (χ3v) is 4.00. The molecular weight excluding hydrogens is 230 g/mol. The highest BCUT2D eigenvalue weighted by Crippen LogP contribution is 2.36. The minimum Gasteiger partial charge on any atom is -0.462 e. The Morgan fingerprint density at radius 1 is 1.39 bits per heavy atom. The average Bonchev–Trinajstić information content (AvgIpc) is 2.33. The number of carbonyl (C=O) groups excluding carboxylic acids is 1. The molecule has 18 heavy (non-hydrogen) atoms. The van der Waals surface area contributed by atoms with Crippen LogP contribution < -0.4 is 5.32 Å². The van der Waals surface area contributed by atoms with Crippen molar-refractivity contribution in [1.82, 2.24) is 5.32 Å². The van der Waals surface area contributed by atoms with Gasteiger partial charge in [-0.2, -0.15) is 0 Å². The van der Waals surface area contributed by atoms with Crippen molar-refractivity contribution in [3.8, 4) is 0 Å². The standard InChI is InChI=1S/C14H25NO3/c1-14(2)5-3-12(4-6-14)18-13(16)9-11-10-17-8-7-15-11/h11-12,15H,3-10H2,1-2H3. The molecule has 0 bridgehead atoms. The Bertz CT molecular complexity index is 275. The van der Waals surface area contributed by atoms with Crippen LogP contribution in [-0.2, 0) is 14.3 Å². The molecule has 1 aliphatic carbocycles. The van der Waals surface area contributed by atoms with Crippen LogP contribution in [0.2, 0.25) is 0 Å². The molecule has 2 fully saturated rings. The van der Waals surface area contributed by atoms with Crippen molar-refractivity contribution in [2.75, 3.05) is 19.8 Å². The van der Waals surface area contributed by atoms with Gasteiger partial charge in [-0.25, -0.2) is 0 Å². The minimum absolute atomic E-state index is 0.0808. The van der Waals surface area contributed by atoms with Gasteiger partial charge in [0.2, 0.25) is 0 Å². The van der Waals surface area contributed by atoms with Crippen molar-refractivity contribution in [3.05, 3.63) is 0 Å². The van der Waals surface area contributed by atoms with Gasteiger partial charge in [-0.1, -0.05) is 13.8 Å².